The number of rotatable bonds is 2. The molecule has 1 amide bonds. The zero-order chi connectivity index (χ0) is 16.4. The van der Waals surface area contributed by atoms with E-state index >= 15 is 0 Å². The van der Waals surface area contributed by atoms with E-state index < -0.39 is 0 Å². The predicted molar refractivity (Wildman–Crippen MR) is 86.6 cm³/mol. The second kappa shape index (κ2) is 6.14. The van der Waals surface area contributed by atoms with Crippen LogP contribution in [0.2, 0.25) is 0 Å². The lowest BCUT2D eigenvalue weighted by atomic mass is 9.87. The summed E-state index contributed by atoms with van der Waals surface area (Å²) in [6, 6.07) is 9.22. The van der Waals surface area contributed by atoms with Crippen molar-refractivity contribution in [3.8, 4) is 12.1 Å². The minimum Gasteiger partial charge on any atom is -0.350 e. The fourth-order valence-electron chi connectivity index (χ4n) is 3.18. The molecule has 0 atom stereocenters. The summed E-state index contributed by atoms with van der Waals surface area (Å²) in [4.78, 5) is 15.5. The van der Waals surface area contributed by atoms with Crippen molar-refractivity contribution in [2.75, 3.05) is 0 Å². The van der Waals surface area contributed by atoms with E-state index in [2.05, 4.69) is 23.3 Å². The number of benzene rings is 1. The highest BCUT2D eigenvalue weighted by Crippen LogP contribution is 2.25. The van der Waals surface area contributed by atoms with E-state index in [1.807, 2.05) is 6.07 Å². The number of nitriles is 2. The van der Waals surface area contributed by atoms with Gasteiger partial charge in [-0.15, -0.1) is 0 Å². The summed E-state index contributed by atoms with van der Waals surface area (Å²) in [5.74, 6) is 0.585. The van der Waals surface area contributed by atoms with E-state index in [1.165, 1.54) is 0 Å². The summed E-state index contributed by atoms with van der Waals surface area (Å²) in [6.45, 7) is 2.24. The highest BCUT2D eigenvalue weighted by atomic mass is 16.1. The van der Waals surface area contributed by atoms with Gasteiger partial charge in [0, 0.05) is 16.9 Å². The van der Waals surface area contributed by atoms with Crippen molar-refractivity contribution in [3.05, 3.63) is 35.0 Å². The van der Waals surface area contributed by atoms with Crippen LogP contribution in [-0.4, -0.2) is 16.9 Å². The van der Waals surface area contributed by atoms with E-state index in [0.717, 1.165) is 31.6 Å². The minimum absolute atomic E-state index is 0.150. The maximum Gasteiger partial charge on any atom is 0.267 e. The lowest BCUT2D eigenvalue weighted by molar-refractivity contribution is 0.0919. The number of nitrogens with one attached hydrogen (secondary N) is 2. The van der Waals surface area contributed by atoms with Gasteiger partial charge in [0.15, 0.2) is 0 Å². The number of carbonyl (C=O) groups excluding carboxylic acids is 1. The summed E-state index contributed by atoms with van der Waals surface area (Å²) in [5, 5.41) is 22.0. The van der Waals surface area contributed by atoms with Gasteiger partial charge in [-0.25, -0.2) is 0 Å². The van der Waals surface area contributed by atoms with Gasteiger partial charge >= 0.3 is 0 Å². The minimum atomic E-state index is -0.150. The van der Waals surface area contributed by atoms with Gasteiger partial charge in [-0.2, -0.15) is 10.5 Å². The topological polar surface area (TPSA) is 92.5 Å². The average Bonchev–Trinajstić information content (AvgIpc) is 3.00. The Bertz CT molecular complexity index is 829. The van der Waals surface area contributed by atoms with Crippen LogP contribution >= 0.6 is 0 Å². The van der Waals surface area contributed by atoms with Crippen LogP contribution in [0.5, 0.6) is 0 Å². The van der Waals surface area contributed by atoms with Gasteiger partial charge in [0.1, 0.15) is 5.69 Å². The van der Waals surface area contributed by atoms with Gasteiger partial charge in [-0.1, -0.05) is 6.92 Å². The monoisotopic (exact) mass is 306 g/mol. The largest absolute Gasteiger partial charge is 0.350 e. The van der Waals surface area contributed by atoms with Crippen molar-refractivity contribution in [2.45, 2.75) is 38.6 Å². The second-order valence-electron chi connectivity index (χ2n) is 6.32. The van der Waals surface area contributed by atoms with Crippen LogP contribution in [0, 0.1) is 28.6 Å². The number of nitrogens with zero attached hydrogens (tertiary/aromatic N) is 2. The average molecular weight is 306 g/mol. The van der Waals surface area contributed by atoms with Gasteiger partial charge in [0.2, 0.25) is 0 Å². The molecule has 0 radical (unpaired) electrons. The molecule has 0 aliphatic heterocycles. The molecule has 0 bridgehead atoms. The molecule has 23 heavy (non-hydrogen) atoms. The summed E-state index contributed by atoms with van der Waals surface area (Å²) >= 11 is 0. The van der Waals surface area contributed by atoms with E-state index in [0.29, 0.717) is 27.7 Å². The molecule has 2 aromatic rings. The molecule has 0 unspecified atom stereocenters. The number of amides is 1. The standard InChI is InChI=1S/C18H18N4O/c1-11-2-4-14(5-3-11)21-18(23)17-8-15-13(10-20)6-12(9-19)7-16(15)22-17/h6-8,11,14,22H,2-5H2,1H3,(H,21,23). The zero-order valence-corrected chi connectivity index (χ0v) is 13.0. The van der Waals surface area contributed by atoms with Gasteiger partial charge in [0.25, 0.3) is 5.91 Å². The first kappa shape index (κ1) is 15.1. The molecule has 5 nitrogen and oxygen atoms in total. The number of hydrogen-bond acceptors (Lipinski definition) is 3. The van der Waals surface area contributed by atoms with Gasteiger partial charge < -0.3 is 10.3 Å². The Morgan fingerprint density at radius 3 is 2.57 bits per heavy atom. The van der Waals surface area contributed by atoms with Crippen molar-refractivity contribution in [1.82, 2.24) is 10.3 Å². The summed E-state index contributed by atoms with van der Waals surface area (Å²) in [5.41, 5.74) is 1.89. The Hall–Kier alpha value is -2.79. The molecule has 0 saturated heterocycles. The number of hydrogen-bond donors (Lipinski definition) is 2. The van der Waals surface area contributed by atoms with Crippen molar-refractivity contribution in [2.24, 2.45) is 5.92 Å². The number of carbonyl (C=O) groups is 1. The SMILES string of the molecule is CC1CCC(NC(=O)c2cc3c(C#N)cc(C#N)cc3[nH]2)CC1. The van der Waals surface area contributed by atoms with Crippen LogP contribution in [-0.2, 0) is 0 Å². The second-order valence-corrected chi connectivity index (χ2v) is 6.32. The molecule has 1 saturated carbocycles. The summed E-state index contributed by atoms with van der Waals surface area (Å²) in [7, 11) is 0. The Morgan fingerprint density at radius 1 is 1.17 bits per heavy atom. The number of aromatic nitrogens is 1. The Balaban J connectivity index is 1.84. The molecule has 0 spiro atoms. The van der Waals surface area contributed by atoms with Gasteiger partial charge in [-0.3, -0.25) is 4.79 Å². The molecule has 3 rings (SSSR count). The smallest absolute Gasteiger partial charge is 0.267 e. The Labute approximate surface area is 134 Å². The summed E-state index contributed by atoms with van der Waals surface area (Å²) < 4.78 is 0. The molecule has 1 aromatic carbocycles. The zero-order valence-electron chi connectivity index (χ0n) is 13.0. The van der Waals surface area contributed by atoms with Crippen molar-refractivity contribution < 1.29 is 4.79 Å². The Morgan fingerprint density at radius 2 is 1.91 bits per heavy atom. The van der Waals surface area contributed by atoms with Gasteiger partial charge in [-0.05, 0) is 49.8 Å². The molecule has 5 heteroatoms. The lowest BCUT2D eigenvalue weighted by Gasteiger charge is -2.26. The van der Waals surface area contributed by atoms with Crippen molar-refractivity contribution in [1.29, 1.82) is 10.5 Å². The fourth-order valence-corrected chi connectivity index (χ4v) is 3.18. The molecule has 1 aliphatic carbocycles. The number of aromatic amines is 1. The summed E-state index contributed by atoms with van der Waals surface area (Å²) in [6.07, 6.45) is 4.30. The normalized spacial score (nSPS) is 20.7. The molecule has 1 heterocycles. The van der Waals surface area contributed by atoms with Crippen LogP contribution in [0.4, 0.5) is 0 Å². The lowest BCUT2D eigenvalue weighted by Crippen LogP contribution is -2.37. The molecule has 2 N–H and O–H groups in total. The number of H-pyrrole nitrogens is 1. The quantitative estimate of drug-likeness (QED) is 0.892. The maximum atomic E-state index is 12.4. The Kier molecular flexibility index (Phi) is 4.04. The van der Waals surface area contributed by atoms with E-state index in [9.17, 15) is 10.1 Å². The van der Waals surface area contributed by atoms with Crippen LogP contribution in [0.15, 0.2) is 18.2 Å². The maximum absolute atomic E-state index is 12.4. The first-order valence-electron chi connectivity index (χ1n) is 7.88. The van der Waals surface area contributed by atoms with Crippen LogP contribution in [0.3, 0.4) is 0 Å². The molecular weight excluding hydrogens is 288 g/mol. The van der Waals surface area contributed by atoms with E-state index in [4.69, 9.17) is 5.26 Å². The molecular formula is C18H18N4O. The fraction of sp³-hybridized carbons (Fsp3) is 0.389. The third-order valence-electron chi connectivity index (χ3n) is 4.58. The van der Waals surface area contributed by atoms with Crippen LogP contribution in [0.25, 0.3) is 10.9 Å². The highest BCUT2D eigenvalue weighted by molar-refractivity contribution is 5.99. The van der Waals surface area contributed by atoms with Crippen LogP contribution in [0.1, 0.15) is 54.2 Å². The molecule has 1 aromatic heterocycles. The highest BCUT2D eigenvalue weighted by Gasteiger charge is 2.21. The third kappa shape index (κ3) is 3.05. The van der Waals surface area contributed by atoms with E-state index in [-0.39, 0.29) is 11.9 Å². The first-order valence-corrected chi connectivity index (χ1v) is 7.88. The van der Waals surface area contributed by atoms with Crippen molar-refractivity contribution >= 4 is 16.8 Å². The van der Waals surface area contributed by atoms with Crippen LogP contribution < -0.4 is 5.32 Å². The first-order chi connectivity index (χ1) is 11.1. The third-order valence-corrected chi connectivity index (χ3v) is 4.58. The molecule has 1 aliphatic rings. The van der Waals surface area contributed by atoms with E-state index in [1.54, 1.807) is 18.2 Å². The molecule has 116 valence electrons. The van der Waals surface area contributed by atoms with Crippen molar-refractivity contribution in [3.63, 3.8) is 0 Å². The van der Waals surface area contributed by atoms with Gasteiger partial charge in [0.05, 0.1) is 23.3 Å². The predicted octanol–water partition coefficient (Wildman–Crippen LogP) is 3.22. The molecule has 1 fully saturated rings. The number of fused-ring (bicyclic) bond motifs is 1.